The van der Waals surface area contributed by atoms with E-state index in [9.17, 15) is 13.6 Å². The molecular formula is C13H18F2N2O. The highest BCUT2D eigenvalue weighted by Gasteiger charge is 2.15. The minimum atomic E-state index is -1.08. The molecule has 100 valence electrons. The van der Waals surface area contributed by atoms with Crippen LogP contribution >= 0.6 is 0 Å². The fourth-order valence-electron chi connectivity index (χ4n) is 1.34. The second kappa shape index (κ2) is 5.80. The first-order chi connectivity index (χ1) is 8.32. The Hall–Kier alpha value is -1.65. The van der Waals surface area contributed by atoms with E-state index in [4.69, 9.17) is 5.73 Å². The van der Waals surface area contributed by atoms with Crippen LogP contribution < -0.4 is 11.1 Å². The lowest BCUT2D eigenvalue weighted by Gasteiger charge is -2.16. The van der Waals surface area contributed by atoms with Crippen molar-refractivity contribution in [3.63, 3.8) is 0 Å². The topological polar surface area (TPSA) is 55.1 Å². The Kier molecular flexibility index (Phi) is 4.64. The summed E-state index contributed by atoms with van der Waals surface area (Å²) in [6.45, 7) is 6.56. The van der Waals surface area contributed by atoms with Crippen molar-refractivity contribution in [1.82, 2.24) is 5.32 Å². The number of hydrogen-bond donors (Lipinski definition) is 2. The van der Waals surface area contributed by atoms with E-state index in [0.29, 0.717) is 18.4 Å². The molecule has 5 heteroatoms. The molecule has 0 aliphatic rings. The van der Waals surface area contributed by atoms with Gasteiger partial charge in [-0.05, 0) is 17.9 Å². The monoisotopic (exact) mass is 256 g/mol. The van der Waals surface area contributed by atoms with Crippen LogP contribution in [0.25, 0.3) is 0 Å². The van der Waals surface area contributed by atoms with Gasteiger partial charge in [0.05, 0.1) is 5.56 Å². The fraction of sp³-hybridized carbons (Fsp3) is 0.462. The predicted molar refractivity (Wildman–Crippen MR) is 67.1 cm³/mol. The molecule has 0 heterocycles. The standard InChI is InChI=1S/C13H18F2N2O/c1-7(2)8(3)6-17-13(18)9-4-10(14)11(15)5-12(9)16/h4-5,7-8H,6,16H2,1-3H3,(H,17,18). The average Bonchev–Trinajstić information content (AvgIpc) is 2.30. The molecule has 3 N–H and O–H groups in total. The van der Waals surface area contributed by atoms with Crippen molar-refractivity contribution in [2.24, 2.45) is 11.8 Å². The van der Waals surface area contributed by atoms with Gasteiger partial charge in [0, 0.05) is 18.3 Å². The lowest BCUT2D eigenvalue weighted by atomic mass is 9.98. The van der Waals surface area contributed by atoms with E-state index in [-0.39, 0.29) is 11.3 Å². The second-order valence-corrected chi connectivity index (χ2v) is 4.78. The Bertz CT molecular complexity index is 447. The number of carbonyl (C=O) groups is 1. The molecule has 0 radical (unpaired) electrons. The van der Waals surface area contributed by atoms with Gasteiger partial charge in [0.15, 0.2) is 11.6 Å². The number of benzene rings is 1. The molecule has 1 unspecified atom stereocenters. The van der Waals surface area contributed by atoms with Crippen LogP contribution in [0.1, 0.15) is 31.1 Å². The first-order valence-corrected chi connectivity index (χ1v) is 5.85. The van der Waals surface area contributed by atoms with E-state index < -0.39 is 17.5 Å². The summed E-state index contributed by atoms with van der Waals surface area (Å²) in [5.41, 5.74) is 5.39. The van der Waals surface area contributed by atoms with Crippen LogP contribution in [-0.4, -0.2) is 12.5 Å². The first kappa shape index (κ1) is 14.4. The van der Waals surface area contributed by atoms with Gasteiger partial charge in [-0.3, -0.25) is 4.79 Å². The number of halogens is 2. The summed E-state index contributed by atoms with van der Waals surface area (Å²) in [7, 11) is 0. The predicted octanol–water partition coefficient (Wildman–Crippen LogP) is 2.57. The Morgan fingerprint density at radius 1 is 1.28 bits per heavy atom. The molecule has 1 aromatic rings. The number of carbonyl (C=O) groups excluding carboxylic acids is 1. The van der Waals surface area contributed by atoms with E-state index in [0.717, 1.165) is 12.1 Å². The van der Waals surface area contributed by atoms with E-state index in [1.54, 1.807) is 0 Å². The summed E-state index contributed by atoms with van der Waals surface area (Å²) in [5, 5.41) is 2.66. The fourth-order valence-corrected chi connectivity index (χ4v) is 1.34. The van der Waals surface area contributed by atoms with Crippen LogP contribution in [-0.2, 0) is 0 Å². The number of nitrogen functional groups attached to an aromatic ring is 1. The molecule has 1 aromatic carbocycles. The van der Waals surface area contributed by atoms with Gasteiger partial charge in [0.25, 0.3) is 5.91 Å². The third-order valence-corrected chi connectivity index (χ3v) is 3.06. The SMILES string of the molecule is CC(C)C(C)CNC(=O)c1cc(F)c(F)cc1N. The van der Waals surface area contributed by atoms with E-state index in [1.165, 1.54) is 0 Å². The van der Waals surface area contributed by atoms with Gasteiger partial charge in [0.2, 0.25) is 0 Å². The van der Waals surface area contributed by atoms with Crippen molar-refractivity contribution >= 4 is 11.6 Å². The molecule has 1 rings (SSSR count). The Labute approximate surface area is 105 Å². The molecule has 0 fully saturated rings. The number of nitrogens with one attached hydrogen (secondary N) is 1. The molecular weight excluding hydrogens is 238 g/mol. The molecule has 18 heavy (non-hydrogen) atoms. The van der Waals surface area contributed by atoms with Crippen molar-refractivity contribution in [3.05, 3.63) is 29.3 Å². The average molecular weight is 256 g/mol. The minimum absolute atomic E-state index is 0.0372. The Morgan fingerprint density at radius 3 is 2.39 bits per heavy atom. The normalized spacial score (nSPS) is 12.6. The molecule has 0 aliphatic carbocycles. The molecule has 0 bridgehead atoms. The summed E-state index contributed by atoms with van der Waals surface area (Å²) < 4.78 is 25.9. The molecule has 0 aromatic heterocycles. The van der Waals surface area contributed by atoms with Gasteiger partial charge >= 0.3 is 0 Å². The lowest BCUT2D eigenvalue weighted by Crippen LogP contribution is -2.30. The zero-order chi connectivity index (χ0) is 13.9. The largest absolute Gasteiger partial charge is 0.398 e. The Balaban J connectivity index is 2.76. The highest BCUT2D eigenvalue weighted by atomic mass is 19.2. The summed E-state index contributed by atoms with van der Waals surface area (Å²) in [6.07, 6.45) is 0. The molecule has 0 spiro atoms. The third-order valence-electron chi connectivity index (χ3n) is 3.06. The Morgan fingerprint density at radius 2 is 1.83 bits per heavy atom. The molecule has 0 aliphatic heterocycles. The minimum Gasteiger partial charge on any atom is -0.398 e. The van der Waals surface area contributed by atoms with E-state index in [1.807, 2.05) is 20.8 Å². The van der Waals surface area contributed by atoms with Crippen LogP contribution in [0.2, 0.25) is 0 Å². The molecule has 0 saturated heterocycles. The summed E-state index contributed by atoms with van der Waals surface area (Å²) in [4.78, 5) is 11.8. The zero-order valence-corrected chi connectivity index (χ0v) is 10.8. The maximum atomic E-state index is 13.0. The first-order valence-electron chi connectivity index (χ1n) is 5.85. The number of rotatable bonds is 4. The third kappa shape index (κ3) is 3.42. The number of anilines is 1. The van der Waals surface area contributed by atoms with Gasteiger partial charge in [-0.1, -0.05) is 20.8 Å². The summed E-state index contributed by atoms with van der Waals surface area (Å²) in [5.74, 6) is -1.90. The lowest BCUT2D eigenvalue weighted by molar-refractivity contribution is 0.0945. The van der Waals surface area contributed by atoms with Gasteiger partial charge < -0.3 is 11.1 Å². The highest BCUT2D eigenvalue weighted by Crippen LogP contribution is 2.17. The molecule has 0 saturated carbocycles. The van der Waals surface area contributed by atoms with Gasteiger partial charge in [-0.15, -0.1) is 0 Å². The maximum absolute atomic E-state index is 13.0. The van der Waals surface area contributed by atoms with Crippen LogP contribution in [0, 0.1) is 23.5 Å². The van der Waals surface area contributed by atoms with Gasteiger partial charge in [0.1, 0.15) is 0 Å². The van der Waals surface area contributed by atoms with Crippen molar-refractivity contribution < 1.29 is 13.6 Å². The number of hydrogen-bond acceptors (Lipinski definition) is 2. The van der Waals surface area contributed by atoms with Crippen LogP contribution in [0.15, 0.2) is 12.1 Å². The van der Waals surface area contributed by atoms with Crippen LogP contribution in [0.5, 0.6) is 0 Å². The number of nitrogens with two attached hydrogens (primary N) is 1. The molecule has 3 nitrogen and oxygen atoms in total. The van der Waals surface area contributed by atoms with E-state index >= 15 is 0 Å². The van der Waals surface area contributed by atoms with Crippen molar-refractivity contribution in [2.75, 3.05) is 12.3 Å². The van der Waals surface area contributed by atoms with Crippen molar-refractivity contribution in [2.45, 2.75) is 20.8 Å². The van der Waals surface area contributed by atoms with Crippen LogP contribution in [0.3, 0.4) is 0 Å². The number of amides is 1. The molecule has 1 atom stereocenters. The quantitative estimate of drug-likeness (QED) is 0.813. The highest BCUT2D eigenvalue weighted by molar-refractivity contribution is 5.99. The summed E-state index contributed by atoms with van der Waals surface area (Å²) >= 11 is 0. The maximum Gasteiger partial charge on any atom is 0.253 e. The van der Waals surface area contributed by atoms with Crippen molar-refractivity contribution in [3.8, 4) is 0 Å². The smallest absolute Gasteiger partial charge is 0.253 e. The second-order valence-electron chi connectivity index (χ2n) is 4.78. The van der Waals surface area contributed by atoms with Gasteiger partial charge in [-0.25, -0.2) is 8.78 Å². The van der Waals surface area contributed by atoms with Gasteiger partial charge in [-0.2, -0.15) is 0 Å². The summed E-state index contributed by atoms with van der Waals surface area (Å²) in [6, 6.07) is 1.64. The zero-order valence-electron chi connectivity index (χ0n) is 10.8. The van der Waals surface area contributed by atoms with E-state index in [2.05, 4.69) is 5.32 Å². The molecule has 1 amide bonds. The van der Waals surface area contributed by atoms with Crippen LogP contribution in [0.4, 0.5) is 14.5 Å². The van der Waals surface area contributed by atoms with Crippen molar-refractivity contribution in [1.29, 1.82) is 0 Å².